The summed E-state index contributed by atoms with van der Waals surface area (Å²) in [7, 11) is -3.31. The highest BCUT2D eigenvalue weighted by Gasteiger charge is 2.24. The van der Waals surface area contributed by atoms with Crippen molar-refractivity contribution in [1.29, 1.82) is 0 Å². The molecule has 5 nitrogen and oxygen atoms in total. The smallest absolute Gasteiger partial charge is 0.279 e. The first kappa shape index (κ1) is 15.9. The van der Waals surface area contributed by atoms with Gasteiger partial charge in [-0.15, -0.1) is 0 Å². The molecule has 0 aromatic rings. The zero-order valence-electron chi connectivity index (χ0n) is 11.5. The Labute approximate surface area is 111 Å². The molecule has 1 aliphatic rings. The molecule has 1 atom stereocenters. The second kappa shape index (κ2) is 8.09. The molecular formula is C12H26N2O3S. The minimum Gasteiger partial charge on any atom is -0.379 e. The number of morpholine rings is 1. The second-order valence-electron chi connectivity index (χ2n) is 4.78. The molecule has 1 aliphatic heterocycles. The third-order valence-electron chi connectivity index (χ3n) is 3.41. The summed E-state index contributed by atoms with van der Waals surface area (Å²) in [6, 6.07) is 0. The van der Waals surface area contributed by atoms with Crippen molar-refractivity contribution in [3.8, 4) is 0 Å². The van der Waals surface area contributed by atoms with Crippen molar-refractivity contribution in [2.75, 3.05) is 32.8 Å². The van der Waals surface area contributed by atoms with Gasteiger partial charge in [0.1, 0.15) is 0 Å². The average molecular weight is 278 g/mol. The molecule has 108 valence electrons. The van der Waals surface area contributed by atoms with Gasteiger partial charge in [0.2, 0.25) is 0 Å². The summed E-state index contributed by atoms with van der Waals surface area (Å²) in [5, 5.41) is 0. The Morgan fingerprint density at radius 1 is 1.28 bits per heavy atom. The van der Waals surface area contributed by atoms with E-state index in [0.717, 1.165) is 25.7 Å². The van der Waals surface area contributed by atoms with E-state index < -0.39 is 10.2 Å². The van der Waals surface area contributed by atoms with E-state index in [2.05, 4.69) is 18.6 Å². The number of ether oxygens (including phenoxy) is 1. The molecule has 1 fully saturated rings. The van der Waals surface area contributed by atoms with E-state index in [1.165, 1.54) is 4.31 Å². The molecule has 1 N–H and O–H groups in total. The molecule has 0 aliphatic carbocycles. The average Bonchev–Trinajstić information content (AvgIpc) is 2.40. The number of nitrogens with one attached hydrogen (secondary N) is 1. The van der Waals surface area contributed by atoms with Crippen LogP contribution in [0.2, 0.25) is 0 Å². The van der Waals surface area contributed by atoms with Crippen LogP contribution < -0.4 is 4.72 Å². The number of nitrogens with zero attached hydrogens (tertiary/aromatic N) is 1. The van der Waals surface area contributed by atoms with Crippen LogP contribution in [0.25, 0.3) is 0 Å². The topological polar surface area (TPSA) is 58.6 Å². The van der Waals surface area contributed by atoms with Gasteiger partial charge in [-0.3, -0.25) is 0 Å². The van der Waals surface area contributed by atoms with Crippen molar-refractivity contribution in [1.82, 2.24) is 9.03 Å². The molecule has 0 aromatic heterocycles. The molecule has 0 radical (unpaired) electrons. The van der Waals surface area contributed by atoms with Gasteiger partial charge in [0.25, 0.3) is 10.2 Å². The van der Waals surface area contributed by atoms with Crippen LogP contribution >= 0.6 is 0 Å². The zero-order valence-corrected chi connectivity index (χ0v) is 12.3. The van der Waals surface area contributed by atoms with Gasteiger partial charge >= 0.3 is 0 Å². The first-order valence-corrected chi connectivity index (χ1v) is 8.36. The molecular weight excluding hydrogens is 252 g/mol. The molecule has 1 rings (SSSR count). The van der Waals surface area contributed by atoms with Gasteiger partial charge in [0.15, 0.2) is 0 Å². The van der Waals surface area contributed by atoms with Crippen LogP contribution in [0.1, 0.15) is 39.5 Å². The van der Waals surface area contributed by atoms with Crippen LogP contribution in [0.3, 0.4) is 0 Å². The van der Waals surface area contributed by atoms with E-state index in [9.17, 15) is 8.42 Å². The molecule has 1 saturated heterocycles. The lowest BCUT2D eigenvalue weighted by Gasteiger charge is -2.27. The molecule has 18 heavy (non-hydrogen) atoms. The minimum absolute atomic E-state index is 0.445. The Morgan fingerprint density at radius 2 is 1.94 bits per heavy atom. The normalized spacial score (nSPS) is 19.9. The Balaban J connectivity index is 2.39. The maximum Gasteiger partial charge on any atom is 0.279 e. The number of hydrogen-bond donors (Lipinski definition) is 1. The fraction of sp³-hybridized carbons (Fsp3) is 1.00. The maximum absolute atomic E-state index is 12.0. The SMILES string of the molecule is CCCCC(CC)CNS(=O)(=O)N1CCOCC1. The van der Waals surface area contributed by atoms with Crippen LogP contribution in [0.15, 0.2) is 0 Å². The van der Waals surface area contributed by atoms with Crippen LogP contribution in [-0.4, -0.2) is 45.6 Å². The number of unbranched alkanes of at least 4 members (excludes halogenated alkanes) is 1. The Hall–Kier alpha value is -0.170. The third-order valence-corrected chi connectivity index (χ3v) is 4.98. The Morgan fingerprint density at radius 3 is 2.50 bits per heavy atom. The van der Waals surface area contributed by atoms with E-state index in [4.69, 9.17) is 4.74 Å². The van der Waals surface area contributed by atoms with Crippen molar-refractivity contribution in [3.63, 3.8) is 0 Å². The molecule has 6 heteroatoms. The summed E-state index contributed by atoms with van der Waals surface area (Å²) in [6.07, 6.45) is 4.44. The van der Waals surface area contributed by atoms with E-state index in [1.807, 2.05) is 0 Å². The van der Waals surface area contributed by atoms with Crippen LogP contribution in [0, 0.1) is 5.92 Å². The molecule has 1 unspecified atom stereocenters. The number of rotatable bonds is 8. The second-order valence-corrected chi connectivity index (χ2v) is 6.54. The van der Waals surface area contributed by atoms with Crippen LogP contribution in [0.5, 0.6) is 0 Å². The van der Waals surface area contributed by atoms with Crippen molar-refractivity contribution in [2.45, 2.75) is 39.5 Å². The molecule has 0 amide bonds. The van der Waals surface area contributed by atoms with Crippen molar-refractivity contribution in [2.24, 2.45) is 5.92 Å². The fourth-order valence-corrected chi connectivity index (χ4v) is 3.30. The lowest BCUT2D eigenvalue weighted by atomic mass is 10.00. The van der Waals surface area contributed by atoms with Gasteiger partial charge in [0, 0.05) is 19.6 Å². The third kappa shape index (κ3) is 5.22. The fourth-order valence-electron chi connectivity index (χ4n) is 2.04. The summed E-state index contributed by atoms with van der Waals surface area (Å²) in [6.45, 7) is 6.73. The van der Waals surface area contributed by atoms with Gasteiger partial charge in [-0.2, -0.15) is 12.7 Å². The van der Waals surface area contributed by atoms with Crippen LogP contribution in [0.4, 0.5) is 0 Å². The van der Waals surface area contributed by atoms with E-state index >= 15 is 0 Å². The minimum atomic E-state index is -3.31. The molecule has 0 saturated carbocycles. The molecule has 0 spiro atoms. The first-order chi connectivity index (χ1) is 8.60. The first-order valence-electron chi connectivity index (χ1n) is 6.92. The maximum atomic E-state index is 12.0. The summed E-state index contributed by atoms with van der Waals surface area (Å²) in [5.74, 6) is 0.445. The molecule has 1 heterocycles. The summed E-state index contributed by atoms with van der Waals surface area (Å²) >= 11 is 0. The highest BCUT2D eigenvalue weighted by molar-refractivity contribution is 7.87. The summed E-state index contributed by atoms with van der Waals surface area (Å²) in [4.78, 5) is 0. The highest BCUT2D eigenvalue weighted by atomic mass is 32.2. The van der Waals surface area contributed by atoms with Gasteiger partial charge in [-0.25, -0.2) is 4.72 Å². The van der Waals surface area contributed by atoms with E-state index in [-0.39, 0.29) is 0 Å². The van der Waals surface area contributed by atoms with Gasteiger partial charge in [0.05, 0.1) is 13.2 Å². The van der Waals surface area contributed by atoms with Gasteiger partial charge in [-0.05, 0) is 12.3 Å². The van der Waals surface area contributed by atoms with Crippen LogP contribution in [-0.2, 0) is 14.9 Å². The van der Waals surface area contributed by atoms with Crippen molar-refractivity contribution < 1.29 is 13.2 Å². The largest absolute Gasteiger partial charge is 0.379 e. The summed E-state index contributed by atoms with van der Waals surface area (Å²) in [5.41, 5.74) is 0. The number of hydrogen-bond acceptors (Lipinski definition) is 3. The highest BCUT2D eigenvalue weighted by Crippen LogP contribution is 2.12. The van der Waals surface area contributed by atoms with E-state index in [1.54, 1.807) is 0 Å². The standard InChI is InChI=1S/C12H26N2O3S/c1-3-5-6-12(4-2)11-13-18(15,16)14-7-9-17-10-8-14/h12-13H,3-11H2,1-2H3. The van der Waals surface area contributed by atoms with Crippen molar-refractivity contribution in [3.05, 3.63) is 0 Å². The summed E-state index contributed by atoms with van der Waals surface area (Å²) < 4.78 is 33.4. The van der Waals surface area contributed by atoms with Crippen molar-refractivity contribution >= 4 is 10.2 Å². The Bertz CT molecular complexity index is 313. The van der Waals surface area contributed by atoms with Gasteiger partial charge in [-0.1, -0.05) is 33.1 Å². The van der Waals surface area contributed by atoms with E-state index in [0.29, 0.717) is 38.8 Å². The lowest BCUT2D eigenvalue weighted by molar-refractivity contribution is 0.0724. The quantitative estimate of drug-likeness (QED) is 0.729. The lowest BCUT2D eigenvalue weighted by Crippen LogP contribution is -2.47. The predicted octanol–water partition coefficient (Wildman–Crippen LogP) is 1.37. The van der Waals surface area contributed by atoms with Gasteiger partial charge < -0.3 is 4.74 Å². The molecule has 0 aromatic carbocycles. The predicted molar refractivity (Wildman–Crippen MR) is 72.6 cm³/mol. The molecule has 0 bridgehead atoms. The Kier molecular flexibility index (Phi) is 7.14. The zero-order chi connectivity index (χ0) is 13.4. The monoisotopic (exact) mass is 278 g/mol.